The first kappa shape index (κ1) is 14.6. The second kappa shape index (κ2) is 6.47. The predicted molar refractivity (Wildman–Crippen MR) is 70.3 cm³/mol. The number of rotatable bonds is 4. The number of carbonyl (C=O) groups is 2. The van der Waals surface area contributed by atoms with Gasteiger partial charge in [0.1, 0.15) is 6.04 Å². The maximum absolute atomic E-state index is 11.5. The van der Waals surface area contributed by atoms with Gasteiger partial charge in [0.15, 0.2) is 0 Å². The fourth-order valence-electron chi connectivity index (χ4n) is 1.24. The van der Waals surface area contributed by atoms with Crippen molar-refractivity contribution >= 4 is 40.9 Å². The van der Waals surface area contributed by atoms with E-state index in [1.807, 2.05) is 0 Å². The number of aliphatic carboxylic acids is 1. The van der Waals surface area contributed by atoms with Gasteiger partial charge in [-0.05, 0) is 24.6 Å². The Morgan fingerprint density at radius 3 is 2.50 bits per heavy atom. The van der Waals surface area contributed by atoms with Gasteiger partial charge in [-0.3, -0.25) is 0 Å². The number of halogens is 2. The highest BCUT2D eigenvalue weighted by Crippen LogP contribution is 2.24. The van der Waals surface area contributed by atoms with Crippen LogP contribution in [0.3, 0.4) is 0 Å². The molecule has 0 heterocycles. The number of carbonyl (C=O) groups excluding carboxylic acids is 1. The van der Waals surface area contributed by atoms with Gasteiger partial charge in [-0.15, -0.1) is 0 Å². The summed E-state index contributed by atoms with van der Waals surface area (Å²) in [6.45, 7) is 1.66. The van der Waals surface area contributed by atoms with Crippen molar-refractivity contribution in [1.82, 2.24) is 5.32 Å². The molecular weight excluding hydrogens is 279 g/mol. The van der Waals surface area contributed by atoms with E-state index in [0.29, 0.717) is 22.2 Å². The molecule has 0 spiro atoms. The topological polar surface area (TPSA) is 78.4 Å². The number of hydrogen-bond donors (Lipinski definition) is 3. The van der Waals surface area contributed by atoms with Crippen LogP contribution >= 0.6 is 23.2 Å². The summed E-state index contributed by atoms with van der Waals surface area (Å²) < 4.78 is 0. The highest BCUT2D eigenvalue weighted by atomic mass is 35.5. The van der Waals surface area contributed by atoms with Gasteiger partial charge in [0, 0.05) is 5.69 Å². The molecule has 0 aliphatic carbocycles. The van der Waals surface area contributed by atoms with Crippen LogP contribution in [0.2, 0.25) is 10.0 Å². The molecule has 0 radical (unpaired) electrons. The van der Waals surface area contributed by atoms with Gasteiger partial charge in [-0.25, -0.2) is 9.59 Å². The van der Waals surface area contributed by atoms with E-state index in [9.17, 15) is 9.59 Å². The summed E-state index contributed by atoms with van der Waals surface area (Å²) in [6.07, 6.45) is 0.296. The van der Waals surface area contributed by atoms with Crippen LogP contribution in [-0.4, -0.2) is 23.1 Å². The lowest BCUT2D eigenvalue weighted by Crippen LogP contribution is -2.42. The van der Waals surface area contributed by atoms with Crippen molar-refractivity contribution in [3.8, 4) is 0 Å². The molecule has 3 N–H and O–H groups in total. The molecule has 0 unspecified atom stereocenters. The molecule has 0 bridgehead atoms. The quantitative estimate of drug-likeness (QED) is 0.798. The lowest BCUT2D eigenvalue weighted by Gasteiger charge is -2.13. The standard InChI is InChI=1S/C11H12Cl2N2O3/c1-2-9(10(16)17)15-11(18)14-6-3-4-7(12)8(13)5-6/h3-5,9H,2H2,1H3,(H,16,17)(H2,14,15,18)/t9-/m0/s1. The largest absolute Gasteiger partial charge is 0.480 e. The Morgan fingerprint density at radius 1 is 1.33 bits per heavy atom. The summed E-state index contributed by atoms with van der Waals surface area (Å²) in [6, 6.07) is 3.05. The van der Waals surface area contributed by atoms with Crippen LogP contribution in [0.15, 0.2) is 18.2 Å². The number of carboxylic acid groups (broad SMARTS) is 1. The molecule has 1 rings (SSSR count). The fraction of sp³-hybridized carbons (Fsp3) is 0.273. The maximum Gasteiger partial charge on any atom is 0.326 e. The molecular formula is C11H12Cl2N2O3. The molecule has 18 heavy (non-hydrogen) atoms. The molecule has 0 fully saturated rings. The Morgan fingerprint density at radius 2 is 2.00 bits per heavy atom. The number of urea groups is 1. The number of nitrogens with one attached hydrogen (secondary N) is 2. The molecule has 0 saturated carbocycles. The van der Waals surface area contributed by atoms with Crippen molar-refractivity contribution < 1.29 is 14.7 Å². The minimum atomic E-state index is -1.08. The van der Waals surface area contributed by atoms with E-state index in [2.05, 4.69) is 10.6 Å². The van der Waals surface area contributed by atoms with Crippen molar-refractivity contribution in [3.05, 3.63) is 28.2 Å². The molecule has 2 amide bonds. The van der Waals surface area contributed by atoms with E-state index in [1.54, 1.807) is 13.0 Å². The SMILES string of the molecule is CC[C@H](NC(=O)Nc1ccc(Cl)c(Cl)c1)C(=O)O. The van der Waals surface area contributed by atoms with Crippen molar-refractivity contribution in [1.29, 1.82) is 0 Å². The molecule has 0 aliphatic rings. The first-order valence-corrected chi connectivity index (χ1v) is 5.95. The number of anilines is 1. The van der Waals surface area contributed by atoms with Crippen LogP contribution in [0.4, 0.5) is 10.5 Å². The van der Waals surface area contributed by atoms with Crippen LogP contribution < -0.4 is 10.6 Å². The normalized spacial score (nSPS) is 11.7. The van der Waals surface area contributed by atoms with Gasteiger partial charge >= 0.3 is 12.0 Å². The molecule has 5 nitrogen and oxygen atoms in total. The van der Waals surface area contributed by atoms with E-state index in [0.717, 1.165) is 0 Å². The van der Waals surface area contributed by atoms with Crippen molar-refractivity contribution in [3.63, 3.8) is 0 Å². The number of amides is 2. The van der Waals surface area contributed by atoms with Gasteiger partial charge in [-0.2, -0.15) is 0 Å². The average molecular weight is 291 g/mol. The Kier molecular flexibility index (Phi) is 5.25. The highest BCUT2D eigenvalue weighted by Gasteiger charge is 2.17. The predicted octanol–water partition coefficient (Wildman–Crippen LogP) is 2.98. The molecule has 1 atom stereocenters. The third-order valence-electron chi connectivity index (χ3n) is 2.19. The third-order valence-corrected chi connectivity index (χ3v) is 2.93. The zero-order valence-corrected chi connectivity index (χ0v) is 11.0. The Balaban J connectivity index is 2.64. The molecule has 98 valence electrons. The first-order chi connectivity index (χ1) is 8.43. The lowest BCUT2D eigenvalue weighted by molar-refractivity contribution is -0.139. The molecule has 0 saturated heterocycles. The van der Waals surface area contributed by atoms with Gasteiger partial charge in [0.25, 0.3) is 0 Å². The van der Waals surface area contributed by atoms with Crippen LogP contribution in [0.5, 0.6) is 0 Å². The van der Waals surface area contributed by atoms with Crippen molar-refractivity contribution in [2.45, 2.75) is 19.4 Å². The van der Waals surface area contributed by atoms with Crippen LogP contribution in [0.1, 0.15) is 13.3 Å². The Bertz CT molecular complexity index is 466. The number of benzene rings is 1. The second-order valence-corrected chi connectivity index (χ2v) is 4.34. The van der Waals surface area contributed by atoms with Crippen LogP contribution in [-0.2, 0) is 4.79 Å². The van der Waals surface area contributed by atoms with Crippen molar-refractivity contribution in [2.24, 2.45) is 0 Å². The van der Waals surface area contributed by atoms with E-state index in [1.165, 1.54) is 12.1 Å². The summed E-state index contributed by atoms with van der Waals surface area (Å²) in [4.78, 5) is 22.3. The highest BCUT2D eigenvalue weighted by molar-refractivity contribution is 6.42. The minimum Gasteiger partial charge on any atom is -0.480 e. The summed E-state index contributed by atoms with van der Waals surface area (Å²) in [7, 11) is 0. The van der Waals surface area contributed by atoms with Gasteiger partial charge in [-0.1, -0.05) is 30.1 Å². The van der Waals surface area contributed by atoms with Gasteiger partial charge < -0.3 is 15.7 Å². The second-order valence-electron chi connectivity index (χ2n) is 3.53. The average Bonchev–Trinajstić information content (AvgIpc) is 2.30. The third kappa shape index (κ3) is 4.09. The number of carboxylic acids is 1. The first-order valence-electron chi connectivity index (χ1n) is 5.19. The smallest absolute Gasteiger partial charge is 0.326 e. The molecule has 0 aliphatic heterocycles. The van der Waals surface area contributed by atoms with E-state index >= 15 is 0 Å². The zero-order chi connectivity index (χ0) is 13.7. The van der Waals surface area contributed by atoms with Crippen LogP contribution in [0.25, 0.3) is 0 Å². The maximum atomic E-state index is 11.5. The monoisotopic (exact) mass is 290 g/mol. The minimum absolute atomic E-state index is 0.296. The molecule has 1 aromatic carbocycles. The summed E-state index contributed by atoms with van der Waals surface area (Å²) in [5.41, 5.74) is 0.433. The van der Waals surface area contributed by atoms with Crippen LogP contribution in [0, 0.1) is 0 Å². The lowest BCUT2D eigenvalue weighted by atomic mass is 10.2. The fourth-order valence-corrected chi connectivity index (χ4v) is 1.54. The van der Waals surface area contributed by atoms with E-state index < -0.39 is 18.0 Å². The molecule has 0 aromatic heterocycles. The Hall–Kier alpha value is -1.46. The van der Waals surface area contributed by atoms with Gasteiger partial charge in [0.05, 0.1) is 10.0 Å². The van der Waals surface area contributed by atoms with E-state index in [4.69, 9.17) is 28.3 Å². The molecule has 7 heteroatoms. The number of hydrogen-bond acceptors (Lipinski definition) is 2. The summed E-state index contributed by atoms with van der Waals surface area (Å²) in [5, 5.41) is 14.3. The van der Waals surface area contributed by atoms with Crippen molar-refractivity contribution in [2.75, 3.05) is 5.32 Å². The Labute approximate surface area is 114 Å². The summed E-state index contributed by atoms with van der Waals surface area (Å²) >= 11 is 11.5. The molecule has 1 aromatic rings. The summed E-state index contributed by atoms with van der Waals surface area (Å²) in [5.74, 6) is -1.08. The van der Waals surface area contributed by atoms with Gasteiger partial charge in [0.2, 0.25) is 0 Å². The zero-order valence-electron chi connectivity index (χ0n) is 9.54. The van der Waals surface area contributed by atoms with E-state index in [-0.39, 0.29) is 0 Å².